The highest BCUT2D eigenvalue weighted by molar-refractivity contribution is 7.86. The third kappa shape index (κ3) is 3.43. The molecule has 1 atom stereocenters. The lowest BCUT2D eigenvalue weighted by Gasteiger charge is -2.07. The van der Waals surface area contributed by atoms with Gasteiger partial charge in [0.05, 0.1) is 6.10 Å². The molecular formula is C9H11FO3S. The molecule has 0 aromatic heterocycles. The van der Waals surface area contributed by atoms with E-state index in [1.165, 1.54) is 0 Å². The molecule has 0 aliphatic heterocycles. The van der Waals surface area contributed by atoms with Gasteiger partial charge in [0.2, 0.25) is 0 Å². The van der Waals surface area contributed by atoms with Gasteiger partial charge < -0.3 is 5.11 Å². The van der Waals surface area contributed by atoms with Gasteiger partial charge in [-0.15, -0.1) is 3.89 Å². The second-order valence-electron chi connectivity index (χ2n) is 3.13. The van der Waals surface area contributed by atoms with Crippen LogP contribution >= 0.6 is 0 Å². The standard InChI is InChI=1S/C9H11FO3S/c1-7-2-4-8(5-3-7)9(11)6-14(10,12)13/h2-5,9,11H,6H2,1H3. The smallest absolute Gasteiger partial charge is 0.305 e. The van der Waals surface area contributed by atoms with Crippen LogP contribution in [-0.4, -0.2) is 19.3 Å². The van der Waals surface area contributed by atoms with Gasteiger partial charge in [0, 0.05) is 0 Å². The Kier molecular flexibility index (Phi) is 3.23. The first-order chi connectivity index (χ1) is 6.38. The molecule has 78 valence electrons. The summed E-state index contributed by atoms with van der Waals surface area (Å²) in [5, 5.41) is 9.33. The summed E-state index contributed by atoms with van der Waals surface area (Å²) in [5.74, 6) is -0.893. The Morgan fingerprint density at radius 2 is 1.86 bits per heavy atom. The summed E-state index contributed by atoms with van der Waals surface area (Å²) in [6, 6.07) is 6.60. The van der Waals surface area contributed by atoms with Crippen LogP contribution in [0.3, 0.4) is 0 Å². The molecule has 1 aromatic carbocycles. The van der Waals surface area contributed by atoms with Crippen molar-refractivity contribution in [3.05, 3.63) is 35.4 Å². The Hall–Kier alpha value is -0.940. The monoisotopic (exact) mass is 218 g/mol. The van der Waals surface area contributed by atoms with Crippen molar-refractivity contribution in [2.45, 2.75) is 13.0 Å². The highest BCUT2D eigenvalue weighted by Crippen LogP contribution is 2.16. The van der Waals surface area contributed by atoms with Crippen molar-refractivity contribution in [2.75, 3.05) is 5.75 Å². The second-order valence-corrected chi connectivity index (χ2v) is 4.54. The van der Waals surface area contributed by atoms with E-state index in [1.807, 2.05) is 6.92 Å². The van der Waals surface area contributed by atoms with E-state index in [0.29, 0.717) is 5.56 Å². The number of aliphatic hydroxyl groups excluding tert-OH is 1. The summed E-state index contributed by atoms with van der Waals surface area (Å²) < 4.78 is 32.7. The number of hydrogen-bond donors (Lipinski definition) is 1. The zero-order chi connectivity index (χ0) is 10.8. The van der Waals surface area contributed by atoms with E-state index < -0.39 is 22.1 Å². The quantitative estimate of drug-likeness (QED) is 0.779. The van der Waals surface area contributed by atoms with Crippen molar-refractivity contribution in [2.24, 2.45) is 0 Å². The van der Waals surface area contributed by atoms with Crippen LogP contribution in [0.1, 0.15) is 17.2 Å². The van der Waals surface area contributed by atoms with Crippen molar-refractivity contribution in [1.29, 1.82) is 0 Å². The topological polar surface area (TPSA) is 54.4 Å². The Bertz CT molecular complexity index is 397. The molecule has 3 nitrogen and oxygen atoms in total. The number of halogens is 1. The van der Waals surface area contributed by atoms with E-state index in [4.69, 9.17) is 0 Å². The van der Waals surface area contributed by atoms with Gasteiger partial charge >= 0.3 is 10.2 Å². The molecule has 0 radical (unpaired) electrons. The highest BCUT2D eigenvalue weighted by Gasteiger charge is 2.17. The largest absolute Gasteiger partial charge is 0.387 e. The van der Waals surface area contributed by atoms with Gasteiger partial charge in [-0.25, -0.2) is 0 Å². The molecule has 0 fully saturated rings. The maximum absolute atomic E-state index is 12.2. The van der Waals surface area contributed by atoms with Gasteiger partial charge in [0.15, 0.2) is 0 Å². The fourth-order valence-electron chi connectivity index (χ4n) is 1.07. The minimum Gasteiger partial charge on any atom is -0.387 e. The minimum absolute atomic E-state index is 0.400. The Morgan fingerprint density at radius 3 is 2.29 bits per heavy atom. The number of aryl methyl sites for hydroxylation is 1. The van der Waals surface area contributed by atoms with Gasteiger partial charge in [0.1, 0.15) is 5.75 Å². The molecule has 0 aliphatic rings. The van der Waals surface area contributed by atoms with Gasteiger partial charge in [-0.05, 0) is 12.5 Å². The predicted molar refractivity (Wildman–Crippen MR) is 51.0 cm³/mol. The number of benzene rings is 1. The predicted octanol–water partition coefficient (Wildman–Crippen LogP) is 1.33. The van der Waals surface area contributed by atoms with Crippen molar-refractivity contribution >= 4 is 10.2 Å². The van der Waals surface area contributed by atoms with Crippen LogP contribution in [0.2, 0.25) is 0 Å². The lowest BCUT2D eigenvalue weighted by atomic mass is 10.1. The lowest BCUT2D eigenvalue weighted by molar-refractivity contribution is 0.200. The van der Waals surface area contributed by atoms with Gasteiger partial charge in [0.25, 0.3) is 0 Å². The molecular weight excluding hydrogens is 207 g/mol. The molecule has 0 bridgehead atoms. The summed E-state index contributed by atoms with van der Waals surface area (Å²) >= 11 is 0. The third-order valence-corrected chi connectivity index (χ3v) is 2.53. The average Bonchev–Trinajstić information content (AvgIpc) is 2.02. The SMILES string of the molecule is Cc1ccc(C(O)CS(=O)(=O)F)cc1. The second kappa shape index (κ2) is 4.06. The molecule has 1 aromatic rings. The minimum atomic E-state index is -4.63. The van der Waals surface area contributed by atoms with Gasteiger partial charge in [-0.1, -0.05) is 29.8 Å². The molecule has 1 unspecified atom stereocenters. The summed E-state index contributed by atoms with van der Waals surface area (Å²) in [6.07, 6.45) is -1.30. The molecule has 5 heteroatoms. The van der Waals surface area contributed by atoms with Crippen LogP contribution in [-0.2, 0) is 10.2 Å². The summed E-state index contributed by atoms with van der Waals surface area (Å²) in [5.41, 5.74) is 1.39. The Labute approximate surface area is 82.4 Å². The molecule has 1 rings (SSSR count). The van der Waals surface area contributed by atoms with Crippen LogP contribution in [0, 0.1) is 6.92 Å². The molecule has 0 aliphatic carbocycles. The van der Waals surface area contributed by atoms with E-state index in [2.05, 4.69) is 0 Å². The first-order valence-electron chi connectivity index (χ1n) is 4.05. The summed E-state index contributed by atoms with van der Waals surface area (Å²) in [4.78, 5) is 0. The van der Waals surface area contributed by atoms with Crippen molar-refractivity contribution < 1.29 is 17.4 Å². The van der Waals surface area contributed by atoms with Crippen LogP contribution in [0.25, 0.3) is 0 Å². The maximum Gasteiger partial charge on any atom is 0.305 e. The Balaban J connectivity index is 2.80. The van der Waals surface area contributed by atoms with E-state index in [9.17, 15) is 17.4 Å². The fraction of sp³-hybridized carbons (Fsp3) is 0.333. The number of hydrogen-bond acceptors (Lipinski definition) is 3. The number of aliphatic hydroxyl groups is 1. The Morgan fingerprint density at radius 1 is 1.36 bits per heavy atom. The third-order valence-electron chi connectivity index (χ3n) is 1.82. The van der Waals surface area contributed by atoms with Gasteiger partial charge in [-0.2, -0.15) is 8.42 Å². The van der Waals surface area contributed by atoms with Crippen LogP contribution in [0.15, 0.2) is 24.3 Å². The lowest BCUT2D eigenvalue weighted by Crippen LogP contribution is -2.09. The van der Waals surface area contributed by atoms with E-state index in [-0.39, 0.29) is 0 Å². The fourth-order valence-corrected chi connectivity index (χ4v) is 1.64. The van der Waals surface area contributed by atoms with Crippen LogP contribution in [0.4, 0.5) is 3.89 Å². The van der Waals surface area contributed by atoms with Crippen LogP contribution < -0.4 is 0 Å². The van der Waals surface area contributed by atoms with Gasteiger partial charge in [-0.3, -0.25) is 0 Å². The molecule has 14 heavy (non-hydrogen) atoms. The van der Waals surface area contributed by atoms with E-state index >= 15 is 0 Å². The van der Waals surface area contributed by atoms with Crippen LogP contribution in [0.5, 0.6) is 0 Å². The molecule has 0 heterocycles. The molecule has 0 saturated heterocycles. The van der Waals surface area contributed by atoms with Crippen molar-refractivity contribution in [3.8, 4) is 0 Å². The molecule has 0 saturated carbocycles. The highest BCUT2D eigenvalue weighted by atomic mass is 32.3. The molecule has 0 amide bonds. The molecule has 0 spiro atoms. The molecule has 1 N–H and O–H groups in total. The van der Waals surface area contributed by atoms with E-state index in [0.717, 1.165) is 5.56 Å². The zero-order valence-electron chi connectivity index (χ0n) is 7.64. The normalized spacial score (nSPS) is 13.9. The van der Waals surface area contributed by atoms with E-state index in [1.54, 1.807) is 24.3 Å². The summed E-state index contributed by atoms with van der Waals surface area (Å²) in [7, 11) is -4.63. The van der Waals surface area contributed by atoms with Crippen molar-refractivity contribution in [3.63, 3.8) is 0 Å². The first-order valence-corrected chi connectivity index (χ1v) is 5.61. The average molecular weight is 218 g/mol. The maximum atomic E-state index is 12.2. The summed E-state index contributed by atoms with van der Waals surface area (Å²) in [6.45, 7) is 1.86. The zero-order valence-corrected chi connectivity index (χ0v) is 8.46. The number of rotatable bonds is 3. The van der Waals surface area contributed by atoms with Crippen molar-refractivity contribution in [1.82, 2.24) is 0 Å². The first kappa shape index (κ1) is 11.1.